The quantitative estimate of drug-likeness (QED) is 0.641. The van der Waals surface area contributed by atoms with Crippen LogP contribution < -0.4 is 5.32 Å². The number of amides is 1. The van der Waals surface area contributed by atoms with Gasteiger partial charge in [0.05, 0.1) is 11.1 Å². The molecule has 0 spiro atoms. The first-order chi connectivity index (χ1) is 9.63. The lowest BCUT2D eigenvalue weighted by molar-refractivity contribution is -0.384. The zero-order valence-electron chi connectivity index (χ0n) is 12.0. The van der Waals surface area contributed by atoms with Crippen molar-refractivity contribution >= 4 is 24.0 Å². The van der Waals surface area contributed by atoms with E-state index >= 15 is 0 Å². The van der Waals surface area contributed by atoms with E-state index in [1.807, 2.05) is 11.8 Å². The summed E-state index contributed by atoms with van der Waals surface area (Å²) in [5.74, 6) is -0.146. The first kappa shape index (κ1) is 17.5. The molecule has 0 aliphatic carbocycles. The summed E-state index contributed by atoms with van der Waals surface area (Å²) in [5.41, 5.74) is 0.221. The molecule has 2 rings (SSSR count). The monoisotopic (exact) mass is 316 g/mol. The molecule has 1 fully saturated rings. The molecule has 118 valence electrons. The van der Waals surface area contributed by atoms with Crippen molar-refractivity contribution < 1.29 is 9.72 Å². The Hall–Kier alpha value is -1.60. The summed E-state index contributed by atoms with van der Waals surface area (Å²) >= 11 is 0. The number of carbonyl (C=O) groups excluding carboxylic acids is 1. The average Bonchev–Trinajstić information content (AvgIpc) is 2.95. The van der Waals surface area contributed by atoms with E-state index in [4.69, 9.17) is 0 Å². The second-order valence-corrected chi connectivity index (χ2v) is 5.01. The van der Waals surface area contributed by atoms with Crippen molar-refractivity contribution in [3.05, 3.63) is 28.1 Å². The number of piperidine rings is 1. The number of carbonyl (C=O) groups is 1. The first-order valence-electron chi connectivity index (χ1n) is 6.98. The van der Waals surface area contributed by atoms with Crippen LogP contribution in [0.15, 0.2) is 12.3 Å². The molecule has 1 aliphatic heterocycles. The largest absolute Gasteiger partial charge is 0.351 e. The van der Waals surface area contributed by atoms with E-state index in [9.17, 15) is 14.9 Å². The van der Waals surface area contributed by atoms with Gasteiger partial charge in [-0.3, -0.25) is 14.9 Å². The molecule has 8 heteroatoms. The lowest BCUT2D eigenvalue weighted by atomic mass is 10.0. The highest BCUT2D eigenvalue weighted by Gasteiger charge is 2.27. The summed E-state index contributed by atoms with van der Waals surface area (Å²) in [6.07, 6.45) is 3.99. The number of nitro groups is 1. The maximum atomic E-state index is 12.5. The van der Waals surface area contributed by atoms with Gasteiger partial charge in [-0.05, 0) is 32.4 Å². The first-order valence-corrected chi connectivity index (χ1v) is 6.98. The van der Waals surface area contributed by atoms with Crippen molar-refractivity contribution in [2.45, 2.75) is 32.2 Å². The van der Waals surface area contributed by atoms with E-state index in [0.29, 0.717) is 12.2 Å². The second-order valence-electron chi connectivity index (χ2n) is 5.01. The van der Waals surface area contributed by atoms with Crippen LogP contribution in [0.1, 0.15) is 36.7 Å². The SMILES string of the molecule is CCCN(C(=O)c1cc([N+](=O)[O-])c[nH]1)C1CCNCC1.Cl. The Morgan fingerprint density at radius 3 is 2.67 bits per heavy atom. The van der Waals surface area contributed by atoms with E-state index < -0.39 is 4.92 Å². The molecule has 0 aromatic carbocycles. The van der Waals surface area contributed by atoms with Crippen LogP contribution >= 0.6 is 12.4 Å². The van der Waals surface area contributed by atoms with E-state index in [2.05, 4.69) is 10.3 Å². The number of rotatable bonds is 5. The van der Waals surface area contributed by atoms with Gasteiger partial charge in [0.15, 0.2) is 0 Å². The maximum Gasteiger partial charge on any atom is 0.287 e. The molecule has 1 saturated heterocycles. The highest BCUT2D eigenvalue weighted by Crippen LogP contribution is 2.18. The fraction of sp³-hybridized carbons (Fsp3) is 0.615. The van der Waals surface area contributed by atoms with Crippen LogP contribution in [-0.2, 0) is 0 Å². The summed E-state index contributed by atoms with van der Waals surface area (Å²) in [4.78, 5) is 27.3. The lowest BCUT2D eigenvalue weighted by Gasteiger charge is -2.34. The molecule has 1 aromatic heterocycles. The number of nitrogens with one attached hydrogen (secondary N) is 2. The third-order valence-electron chi connectivity index (χ3n) is 3.58. The zero-order valence-corrected chi connectivity index (χ0v) is 12.8. The van der Waals surface area contributed by atoms with Crippen molar-refractivity contribution in [3.63, 3.8) is 0 Å². The van der Waals surface area contributed by atoms with Gasteiger partial charge in [-0.25, -0.2) is 0 Å². The van der Waals surface area contributed by atoms with E-state index in [1.54, 1.807) is 0 Å². The number of hydrogen-bond donors (Lipinski definition) is 2. The normalized spacial score (nSPS) is 15.3. The van der Waals surface area contributed by atoms with Gasteiger partial charge in [-0.15, -0.1) is 12.4 Å². The smallest absolute Gasteiger partial charge is 0.287 e. The predicted molar refractivity (Wildman–Crippen MR) is 81.9 cm³/mol. The van der Waals surface area contributed by atoms with Gasteiger partial charge in [0.1, 0.15) is 5.69 Å². The Labute approximate surface area is 129 Å². The van der Waals surface area contributed by atoms with Crippen LogP contribution in [0.4, 0.5) is 5.69 Å². The van der Waals surface area contributed by atoms with Crippen LogP contribution in [0.5, 0.6) is 0 Å². The molecule has 1 amide bonds. The van der Waals surface area contributed by atoms with E-state index in [0.717, 1.165) is 32.4 Å². The van der Waals surface area contributed by atoms with Gasteiger partial charge in [-0.1, -0.05) is 6.92 Å². The molecule has 1 aliphatic rings. The molecule has 7 nitrogen and oxygen atoms in total. The third-order valence-corrected chi connectivity index (χ3v) is 3.58. The summed E-state index contributed by atoms with van der Waals surface area (Å²) < 4.78 is 0. The molecular formula is C13H21ClN4O3. The van der Waals surface area contributed by atoms with Gasteiger partial charge in [0.25, 0.3) is 11.6 Å². The van der Waals surface area contributed by atoms with E-state index in [1.165, 1.54) is 12.3 Å². The summed E-state index contributed by atoms with van der Waals surface area (Å²) in [6, 6.07) is 1.53. The Balaban J connectivity index is 0.00000220. The Bertz CT molecular complexity index is 486. The summed E-state index contributed by atoms with van der Waals surface area (Å²) in [6.45, 7) is 4.51. The van der Waals surface area contributed by atoms with Gasteiger partial charge in [0, 0.05) is 18.7 Å². The van der Waals surface area contributed by atoms with Crippen molar-refractivity contribution in [1.82, 2.24) is 15.2 Å². The highest BCUT2D eigenvalue weighted by molar-refractivity contribution is 5.93. The van der Waals surface area contributed by atoms with Crippen molar-refractivity contribution in [3.8, 4) is 0 Å². The molecule has 0 radical (unpaired) electrons. The number of H-pyrrole nitrogens is 1. The molecule has 2 heterocycles. The van der Waals surface area contributed by atoms with Crippen LogP contribution in [0, 0.1) is 10.1 Å². The number of nitrogens with zero attached hydrogens (tertiary/aromatic N) is 2. The van der Waals surface area contributed by atoms with Gasteiger partial charge < -0.3 is 15.2 Å². The Kier molecular flexibility index (Phi) is 6.64. The number of aromatic nitrogens is 1. The summed E-state index contributed by atoms with van der Waals surface area (Å²) in [5, 5.41) is 14.0. The lowest BCUT2D eigenvalue weighted by Crippen LogP contribution is -2.46. The minimum absolute atomic E-state index is 0. The van der Waals surface area contributed by atoms with Crippen molar-refractivity contribution in [2.75, 3.05) is 19.6 Å². The number of hydrogen-bond acceptors (Lipinski definition) is 4. The standard InChI is InChI=1S/C13H20N4O3.ClH/c1-2-7-16(10-3-5-14-6-4-10)13(18)12-8-11(9-15-12)17(19)20;/h8-10,14-15H,2-7H2,1H3;1H. The second kappa shape index (κ2) is 7.99. The highest BCUT2D eigenvalue weighted by atomic mass is 35.5. The minimum Gasteiger partial charge on any atom is -0.351 e. The molecule has 2 N–H and O–H groups in total. The number of aromatic amines is 1. The zero-order chi connectivity index (χ0) is 14.5. The molecule has 1 aromatic rings. The minimum atomic E-state index is -0.498. The number of halogens is 1. The average molecular weight is 317 g/mol. The van der Waals surface area contributed by atoms with Gasteiger partial charge in [0.2, 0.25) is 0 Å². The summed E-state index contributed by atoms with van der Waals surface area (Å²) in [7, 11) is 0. The Morgan fingerprint density at radius 1 is 1.48 bits per heavy atom. The van der Waals surface area contributed by atoms with Crippen molar-refractivity contribution in [1.29, 1.82) is 0 Å². The fourth-order valence-electron chi connectivity index (χ4n) is 2.58. The Morgan fingerprint density at radius 2 is 2.14 bits per heavy atom. The fourth-order valence-corrected chi connectivity index (χ4v) is 2.58. The van der Waals surface area contributed by atoms with Crippen LogP contribution in [-0.4, -0.2) is 46.4 Å². The molecule has 0 saturated carbocycles. The van der Waals surface area contributed by atoms with Crippen LogP contribution in [0.25, 0.3) is 0 Å². The molecule has 0 bridgehead atoms. The molecular weight excluding hydrogens is 296 g/mol. The molecule has 0 unspecified atom stereocenters. The van der Waals surface area contributed by atoms with Crippen LogP contribution in [0.3, 0.4) is 0 Å². The maximum absolute atomic E-state index is 12.5. The van der Waals surface area contributed by atoms with E-state index in [-0.39, 0.29) is 30.0 Å². The van der Waals surface area contributed by atoms with Gasteiger partial charge in [-0.2, -0.15) is 0 Å². The van der Waals surface area contributed by atoms with Crippen LogP contribution in [0.2, 0.25) is 0 Å². The third kappa shape index (κ3) is 4.18. The predicted octanol–water partition coefficient (Wildman–Crippen LogP) is 1.95. The molecule has 21 heavy (non-hydrogen) atoms. The molecule has 0 atom stereocenters. The van der Waals surface area contributed by atoms with Crippen molar-refractivity contribution in [2.24, 2.45) is 0 Å². The van der Waals surface area contributed by atoms with Gasteiger partial charge >= 0.3 is 0 Å². The topological polar surface area (TPSA) is 91.3 Å².